The van der Waals surface area contributed by atoms with Gasteiger partial charge >= 0.3 is 0 Å². The fourth-order valence-electron chi connectivity index (χ4n) is 4.06. The number of anilines is 2. The summed E-state index contributed by atoms with van der Waals surface area (Å²) in [6.07, 6.45) is 3.41. The number of methoxy groups -OCH3 is 1. The van der Waals surface area contributed by atoms with Crippen LogP contribution >= 0.6 is 0 Å². The Kier molecular flexibility index (Phi) is 7.45. The second-order valence-corrected chi connectivity index (χ2v) is 8.66. The molecule has 0 aromatic heterocycles. The van der Waals surface area contributed by atoms with Gasteiger partial charge in [0.25, 0.3) is 11.8 Å². The van der Waals surface area contributed by atoms with Crippen LogP contribution in [0.15, 0.2) is 66.7 Å². The van der Waals surface area contributed by atoms with E-state index >= 15 is 0 Å². The van der Waals surface area contributed by atoms with E-state index in [0.717, 1.165) is 37.1 Å². The van der Waals surface area contributed by atoms with Gasteiger partial charge in [-0.1, -0.05) is 29.8 Å². The van der Waals surface area contributed by atoms with E-state index in [1.807, 2.05) is 31.2 Å². The van der Waals surface area contributed by atoms with Gasteiger partial charge in [0, 0.05) is 29.9 Å². The molecule has 180 valence electrons. The number of aryl methyl sites for hydroxylation is 1. The lowest BCUT2D eigenvalue weighted by Gasteiger charge is -2.29. The van der Waals surface area contributed by atoms with Crippen molar-refractivity contribution in [1.29, 1.82) is 5.41 Å². The first-order valence-corrected chi connectivity index (χ1v) is 11.8. The van der Waals surface area contributed by atoms with E-state index < -0.39 is 0 Å². The van der Waals surface area contributed by atoms with Crippen molar-refractivity contribution in [2.75, 3.05) is 30.8 Å². The summed E-state index contributed by atoms with van der Waals surface area (Å²) in [5, 5.41) is 14.2. The summed E-state index contributed by atoms with van der Waals surface area (Å²) in [5.41, 5.74) is 3.65. The van der Waals surface area contributed by atoms with E-state index in [0.29, 0.717) is 34.1 Å². The predicted molar refractivity (Wildman–Crippen MR) is 139 cm³/mol. The lowest BCUT2D eigenvalue weighted by molar-refractivity contribution is 0.102. The Balaban J connectivity index is 1.49. The Morgan fingerprint density at radius 1 is 0.829 bits per heavy atom. The molecule has 1 aliphatic rings. The molecule has 35 heavy (non-hydrogen) atoms. The van der Waals surface area contributed by atoms with Crippen LogP contribution in [0.2, 0.25) is 0 Å². The minimum atomic E-state index is -0.353. The Hall–Kier alpha value is -4.13. The number of rotatable bonds is 6. The highest BCUT2D eigenvalue weighted by atomic mass is 16.5. The second-order valence-electron chi connectivity index (χ2n) is 8.66. The van der Waals surface area contributed by atoms with Crippen molar-refractivity contribution in [3.8, 4) is 5.75 Å². The van der Waals surface area contributed by atoms with Crippen molar-refractivity contribution in [2.24, 2.45) is 0 Å². The quantitative estimate of drug-likeness (QED) is 0.336. The van der Waals surface area contributed by atoms with Crippen molar-refractivity contribution in [1.82, 2.24) is 4.90 Å². The molecule has 7 nitrogen and oxygen atoms in total. The summed E-state index contributed by atoms with van der Waals surface area (Å²) >= 11 is 0. The van der Waals surface area contributed by atoms with Gasteiger partial charge < -0.3 is 20.3 Å². The fraction of sp³-hybridized carbons (Fsp3) is 0.250. The summed E-state index contributed by atoms with van der Waals surface area (Å²) in [5.74, 6) is 0.309. The zero-order valence-corrected chi connectivity index (χ0v) is 20.1. The number of hydrogen-bond donors (Lipinski definition) is 3. The van der Waals surface area contributed by atoms with E-state index in [1.165, 1.54) is 13.5 Å². The molecule has 0 radical (unpaired) electrons. The third kappa shape index (κ3) is 5.87. The van der Waals surface area contributed by atoms with Gasteiger partial charge in [0.2, 0.25) is 0 Å². The molecule has 0 aliphatic carbocycles. The maximum absolute atomic E-state index is 13.0. The van der Waals surface area contributed by atoms with Crippen LogP contribution in [0.1, 0.15) is 51.1 Å². The Morgan fingerprint density at radius 3 is 2.14 bits per heavy atom. The highest BCUT2D eigenvalue weighted by Gasteiger charge is 2.18. The molecule has 1 saturated heterocycles. The average Bonchev–Trinajstić information content (AvgIpc) is 2.90. The monoisotopic (exact) mass is 470 g/mol. The minimum absolute atomic E-state index is 0.293. The van der Waals surface area contributed by atoms with Crippen molar-refractivity contribution in [3.05, 3.63) is 89.0 Å². The average molecular weight is 471 g/mol. The third-order valence-electron chi connectivity index (χ3n) is 6.12. The van der Waals surface area contributed by atoms with Gasteiger partial charge in [0.15, 0.2) is 0 Å². The van der Waals surface area contributed by atoms with Crippen molar-refractivity contribution >= 4 is 29.0 Å². The standard InChI is InChI=1S/C28H30N4O3/c1-19-6-12-22(13-7-19)30-28(34)24-18-23(35-2)14-15-25(24)31-27(33)21-10-8-20(9-11-21)26(29)32-16-4-3-5-17-32/h6-15,18,29H,3-5,16-17H2,1-2H3,(H,30,34)(H,31,33). The number of nitrogens with one attached hydrogen (secondary N) is 3. The van der Waals surface area contributed by atoms with Gasteiger partial charge in [0.1, 0.15) is 11.6 Å². The molecular formula is C28H30N4O3. The number of carbonyl (C=O) groups excluding carboxylic acids is 2. The molecule has 0 atom stereocenters. The maximum Gasteiger partial charge on any atom is 0.257 e. The first kappa shape index (κ1) is 24.0. The minimum Gasteiger partial charge on any atom is -0.497 e. The van der Waals surface area contributed by atoms with Gasteiger partial charge in [-0.25, -0.2) is 0 Å². The number of likely N-dealkylation sites (tertiary alicyclic amines) is 1. The molecular weight excluding hydrogens is 440 g/mol. The van der Waals surface area contributed by atoms with Gasteiger partial charge in [-0.3, -0.25) is 15.0 Å². The van der Waals surface area contributed by atoms with Crippen LogP contribution in [-0.2, 0) is 0 Å². The van der Waals surface area contributed by atoms with Crippen LogP contribution in [0.5, 0.6) is 5.75 Å². The third-order valence-corrected chi connectivity index (χ3v) is 6.12. The van der Waals surface area contributed by atoms with Gasteiger partial charge in [-0.15, -0.1) is 0 Å². The molecule has 0 unspecified atom stereocenters. The zero-order chi connectivity index (χ0) is 24.8. The van der Waals surface area contributed by atoms with Gasteiger partial charge in [-0.05, 0) is 68.7 Å². The largest absolute Gasteiger partial charge is 0.497 e. The molecule has 0 spiro atoms. The molecule has 1 aliphatic heterocycles. The topological polar surface area (TPSA) is 94.5 Å². The van der Waals surface area contributed by atoms with Crippen molar-refractivity contribution < 1.29 is 14.3 Å². The van der Waals surface area contributed by atoms with E-state index in [9.17, 15) is 9.59 Å². The summed E-state index contributed by atoms with van der Waals surface area (Å²) < 4.78 is 5.28. The highest BCUT2D eigenvalue weighted by molar-refractivity contribution is 6.13. The normalized spacial score (nSPS) is 13.1. The summed E-state index contributed by atoms with van der Waals surface area (Å²) in [6, 6.07) is 19.4. The molecule has 3 aromatic carbocycles. The number of piperidine rings is 1. The lowest BCUT2D eigenvalue weighted by Crippen LogP contribution is -2.35. The van der Waals surface area contributed by atoms with E-state index in [4.69, 9.17) is 10.1 Å². The second kappa shape index (κ2) is 10.9. The number of ether oxygens (including phenoxy) is 1. The Labute approximate surface area is 205 Å². The van der Waals surface area contributed by atoms with Gasteiger partial charge in [0.05, 0.1) is 18.4 Å². The number of amides is 2. The van der Waals surface area contributed by atoms with E-state index in [1.54, 1.807) is 42.5 Å². The molecule has 2 amide bonds. The SMILES string of the molecule is COc1ccc(NC(=O)c2ccc(C(=N)N3CCCCC3)cc2)c(C(=O)Nc2ccc(C)cc2)c1. The van der Waals surface area contributed by atoms with Crippen LogP contribution in [0.3, 0.4) is 0 Å². The fourth-order valence-corrected chi connectivity index (χ4v) is 4.06. The molecule has 7 heteroatoms. The van der Waals surface area contributed by atoms with Gasteiger partial charge in [-0.2, -0.15) is 0 Å². The zero-order valence-electron chi connectivity index (χ0n) is 20.1. The number of hydrogen-bond acceptors (Lipinski definition) is 4. The predicted octanol–water partition coefficient (Wildman–Crippen LogP) is 5.32. The van der Waals surface area contributed by atoms with E-state index in [2.05, 4.69) is 15.5 Å². The highest BCUT2D eigenvalue weighted by Crippen LogP contribution is 2.24. The smallest absolute Gasteiger partial charge is 0.257 e. The van der Waals surface area contributed by atoms with Crippen molar-refractivity contribution in [3.63, 3.8) is 0 Å². The van der Waals surface area contributed by atoms with Crippen LogP contribution in [0.4, 0.5) is 11.4 Å². The summed E-state index contributed by atoms with van der Waals surface area (Å²) in [6.45, 7) is 3.77. The number of benzene rings is 3. The van der Waals surface area contributed by atoms with Crippen LogP contribution in [-0.4, -0.2) is 42.7 Å². The molecule has 1 heterocycles. The van der Waals surface area contributed by atoms with Crippen LogP contribution in [0.25, 0.3) is 0 Å². The van der Waals surface area contributed by atoms with Crippen molar-refractivity contribution in [2.45, 2.75) is 26.2 Å². The Bertz CT molecular complexity index is 1210. The Morgan fingerprint density at radius 2 is 1.49 bits per heavy atom. The van der Waals surface area contributed by atoms with Crippen LogP contribution < -0.4 is 15.4 Å². The first-order chi connectivity index (χ1) is 16.9. The molecule has 1 fully saturated rings. The summed E-state index contributed by atoms with van der Waals surface area (Å²) in [7, 11) is 1.53. The van der Waals surface area contributed by atoms with Crippen LogP contribution in [0, 0.1) is 12.3 Å². The number of carbonyl (C=O) groups is 2. The molecule has 3 N–H and O–H groups in total. The molecule has 0 saturated carbocycles. The first-order valence-electron chi connectivity index (χ1n) is 11.8. The van der Waals surface area contributed by atoms with E-state index in [-0.39, 0.29) is 11.8 Å². The number of nitrogens with zero attached hydrogens (tertiary/aromatic N) is 1. The molecule has 3 aromatic rings. The number of amidine groups is 1. The summed E-state index contributed by atoms with van der Waals surface area (Å²) in [4.78, 5) is 28.1. The molecule has 4 rings (SSSR count). The lowest BCUT2D eigenvalue weighted by atomic mass is 10.1. The molecule has 0 bridgehead atoms. The maximum atomic E-state index is 13.0.